The summed E-state index contributed by atoms with van der Waals surface area (Å²) in [5.41, 5.74) is 0.416. The van der Waals surface area contributed by atoms with E-state index < -0.39 is 17.6 Å². The normalized spacial score (nSPS) is 18.1. The third-order valence-corrected chi connectivity index (χ3v) is 5.60. The SMILES string of the molecule is COc1cc(OC)cc([C@H]2C[C@H](OC(=O)Cn3ncc4ccccc4c3=O)C(=O)N2C)c1. The molecule has 0 bridgehead atoms. The first-order valence-corrected chi connectivity index (χ1v) is 10.0. The summed E-state index contributed by atoms with van der Waals surface area (Å²) < 4.78 is 17.1. The summed E-state index contributed by atoms with van der Waals surface area (Å²) in [5.74, 6) is 0.180. The Morgan fingerprint density at radius 3 is 2.47 bits per heavy atom. The predicted octanol–water partition coefficient (Wildman–Crippen LogP) is 1.93. The number of hydrogen-bond acceptors (Lipinski definition) is 7. The lowest BCUT2D eigenvalue weighted by molar-refractivity contribution is -0.156. The maximum atomic E-state index is 12.7. The molecule has 0 aliphatic carbocycles. The minimum Gasteiger partial charge on any atom is -0.497 e. The number of esters is 1. The van der Waals surface area contributed by atoms with E-state index in [0.717, 1.165) is 10.2 Å². The van der Waals surface area contributed by atoms with Gasteiger partial charge in [0.15, 0.2) is 6.10 Å². The number of rotatable bonds is 6. The number of aromatic nitrogens is 2. The van der Waals surface area contributed by atoms with Crippen molar-refractivity contribution in [3.63, 3.8) is 0 Å². The molecule has 4 rings (SSSR count). The average Bonchev–Trinajstić information content (AvgIpc) is 3.09. The highest BCUT2D eigenvalue weighted by molar-refractivity contribution is 5.86. The highest BCUT2D eigenvalue weighted by Crippen LogP contribution is 2.36. The Labute approximate surface area is 184 Å². The Morgan fingerprint density at radius 1 is 1.09 bits per heavy atom. The Hall–Kier alpha value is -3.88. The maximum absolute atomic E-state index is 12.7. The summed E-state index contributed by atoms with van der Waals surface area (Å²) in [4.78, 5) is 39.4. The van der Waals surface area contributed by atoms with Crippen LogP contribution in [-0.4, -0.2) is 53.9 Å². The molecule has 3 aromatic rings. The van der Waals surface area contributed by atoms with Gasteiger partial charge in [-0.3, -0.25) is 14.4 Å². The van der Waals surface area contributed by atoms with E-state index in [2.05, 4.69) is 5.10 Å². The van der Waals surface area contributed by atoms with E-state index in [1.165, 1.54) is 11.1 Å². The van der Waals surface area contributed by atoms with Crippen LogP contribution in [0.4, 0.5) is 0 Å². The van der Waals surface area contributed by atoms with E-state index >= 15 is 0 Å². The fourth-order valence-electron chi connectivity index (χ4n) is 3.88. The van der Waals surface area contributed by atoms with E-state index in [9.17, 15) is 14.4 Å². The molecule has 166 valence electrons. The Bertz CT molecular complexity index is 1220. The molecule has 0 saturated carbocycles. The van der Waals surface area contributed by atoms with Gasteiger partial charge in [-0.1, -0.05) is 18.2 Å². The number of nitrogens with zero attached hydrogens (tertiary/aromatic N) is 3. The van der Waals surface area contributed by atoms with Crippen molar-refractivity contribution in [3.8, 4) is 11.5 Å². The first kappa shape index (κ1) is 21.4. The van der Waals surface area contributed by atoms with Crippen LogP contribution in [0.25, 0.3) is 10.8 Å². The zero-order chi connectivity index (χ0) is 22.8. The van der Waals surface area contributed by atoms with Crippen molar-refractivity contribution in [2.24, 2.45) is 0 Å². The van der Waals surface area contributed by atoms with Crippen molar-refractivity contribution in [1.82, 2.24) is 14.7 Å². The van der Waals surface area contributed by atoms with Crippen LogP contribution in [0, 0.1) is 0 Å². The highest BCUT2D eigenvalue weighted by Gasteiger charge is 2.41. The maximum Gasteiger partial charge on any atom is 0.328 e. The van der Waals surface area contributed by atoms with E-state index in [4.69, 9.17) is 14.2 Å². The van der Waals surface area contributed by atoms with Crippen LogP contribution in [0.1, 0.15) is 18.0 Å². The largest absolute Gasteiger partial charge is 0.497 e. The summed E-state index contributed by atoms with van der Waals surface area (Å²) in [6.45, 7) is -0.380. The topological polar surface area (TPSA) is 100.0 Å². The number of hydrogen-bond donors (Lipinski definition) is 0. The van der Waals surface area contributed by atoms with Crippen LogP contribution in [0.5, 0.6) is 11.5 Å². The lowest BCUT2D eigenvalue weighted by Crippen LogP contribution is -2.33. The quantitative estimate of drug-likeness (QED) is 0.543. The van der Waals surface area contributed by atoms with E-state index in [1.807, 2.05) is 12.1 Å². The monoisotopic (exact) mass is 437 g/mol. The second kappa shape index (κ2) is 8.70. The van der Waals surface area contributed by atoms with E-state index in [0.29, 0.717) is 22.3 Å². The number of fused-ring (bicyclic) bond motifs is 1. The molecule has 1 amide bonds. The third-order valence-electron chi connectivity index (χ3n) is 5.60. The second-order valence-corrected chi connectivity index (χ2v) is 7.52. The van der Waals surface area contributed by atoms with Gasteiger partial charge in [0.05, 0.1) is 31.8 Å². The molecule has 1 aliphatic heterocycles. The zero-order valence-corrected chi connectivity index (χ0v) is 18.0. The van der Waals surface area contributed by atoms with E-state index in [-0.39, 0.29) is 24.9 Å². The fraction of sp³-hybridized carbons (Fsp3) is 0.304. The molecule has 1 aliphatic rings. The highest BCUT2D eigenvalue weighted by atomic mass is 16.5. The molecule has 32 heavy (non-hydrogen) atoms. The molecule has 0 N–H and O–H groups in total. The molecule has 2 heterocycles. The summed E-state index contributed by atoms with van der Waals surface area (Å²) in [6.07, 6.45) is 0.841. The fourth-order valence-corrected chi connectivity index (χ4v) is 3.88. The van der Waals surface area contributed by atoms with Crippen molar-refractivity contribution in [3.05, 3.63) is 64.6 Å². The molecule has 9 heteroatoms. The number of ether oxygens (including phenoxy) is 3. The van der Waals surface area contributed by atoms with Gasteiger partial charge >= 0.3 is 5.97 Å². The predicted molar refractivity (Wildman–Crippen MR) is 116 cm³/mol. The van der Waals surface area contributed by atoms with Crippen molar-refractivity contribution in [2.45, 2.75) is 25.1 Å². The van der Waals surface area contributed by atoms with Crippen LogP contribution >= 0.6 is 0 Å². The minimum atomic E-state index is -0.953. The molecule has 9 nitrogen and oxygen atoms in total. The van der Waals surface area contributed by atoms with Crippen molar-refractivity contribution in [2.75, 3.05) is 21.3 Å². The lowest BCUT2D eigenvalue weighted by Gasteiger charge is -2.20. The summed E-state index contributed by atoms with van der Waals surface area (Å²) >= 11 is 0. The van der Waals surface area contributed by atoms with Gasteiger partial charge in [0, 0.05) is 24.9 Å². The number of benzene rings is 2. The van der Waals surface area contributed by atoms with Gasteiger partial charge < -0.3 is 19.1 Å². The van der Waals surface area contributed by atoms with E-state index in [1.54, 1.807) is 51.6 Å². The molecule has 2 aromatic carbocycles. The molecular formula is C23H23N3O6. The zero-order valence-electron chi connectivity index (χ0n) is 18.0. The van der Waals surface area contributed by atoms with Gasteiger partial charge in [0.25, 0.3) is 11.5 Å². The van der Waals surface area contributed by atoms with Gasteiger partial charge in [0.1, 0.15) is 18.0 Å². The smallest absolute Gasteiger partial charge is 0.328 e. The molecule has 1 fully saturated rings. The van der Waals surface area contributed by atoms with Crippen LogP contribution in [0.15, 0.2) is 53.5 Å². The number of amides is 1. The van der Waals surface area contributed by atoms with Crippen molar-refractivity contribution in [1.29, 1.82) is 0 Å². The van der Waals surface area contributed by atoms with Crippen molar-refractivity contribution >= 4 is 22.6 Å². The molecular weight excluding hydrogens is 414 g/mol. The molecule has 0 unspecified atom stereocenters. The summed E-state index contributed by atoms with van der Waals surface area (Å²) in [6, 6.07) is 12.1. The summed E-state index contributed by atoms with van der Waals surface area (Å²) in [5, 5.41) is 5.18. The van der Waals surface area contributed by atoms with Crippen LogP contribution < -0.4 is 15.0 Å². The summed E-state index contributed by atoms with van der Waals surface area (Å²) in [7, 11) is 4.76. The Morgan fingerprint density at radius 2 is 1.78 bits per heavy atom. The van der Waals surface area contributed by atoms with Crippen LogP contribution in [0.3, 0.4) is 0 Å². The molecule has 2 atom stereocenters. The molecule has 0 radical (unpaired) electrons. The Kier molecular flexibility index (Phi) is 5.81. The van der Waals surface area contributed by atoms with Gasteiger partial charge in [0.2, 0.25) is 0 Å². The van der Waals surface area contributed by atoms with Crippen molar-refractivity contribution < 1.29 is 23.8 Å². The van der Waals surface area contributed by atoms with Crippen LogP contribution in [-0.2, 0) is 20.9 Å². The number of methoxy groups -OCH3 is 2. The number of likely N-dealkylation sites (N-methyl/N-ethyl adjacent to an activating group) is 1. The first-order chi connectivity index (χ1) is 15.4. The molecule has 1 aromatic heterocycles. The molecule has 0 spiro atoms. The lowest BCUT2D eigenvalue weighted by atomic mass is 10.0. The van der Waals surface area contributed by atoms with Gasteiger partial charge in [-0.2, -0.15) is 5.10 Å². The van der Waals surface area contributed by atoms with Gasteiger partial charge in [-0.25, -0.2) is 4.68 Å². The van der Waals surface area contributed by atoms with Crippen LogP contribution in [0.2, 0.25) is 0 Å². The number of likely N-dealkylation sites (tertiary alicyclic amines) is 1. The average molecular weight is 437 g/mol. The molecule has 1 saturated heterocycles. The Balaban J connectivity index is 1.49. The van der Waals surface area contributed by atoms with Gasteiger partial charge in [-0.05, 0) is 23.8 Å². The standard InChI is InChI=1S/C23H23N3O6/c1-25-19(15-8-16(30-2)10-17(9-15)31-3)11-20(23(25)29)32-21(27)13-26-22(28)18-7-5-4-6-14(18)12-24-26/h4-10,12,19-20H,11,13H2,1-3H3/t19-,20+/m1/s1. The van der Waals surface area contributed by atoms with Gasteiger partial charge in [-0.15, -0.1) is 0 Å². The minimum absolute atomic E-state index is 0.275. The second-order valence-electron chi connectivity index (χ2n) is 7.52. The third kappa shape index (κ3) is 4.01. The number of carbonyl (C=O) groups excluding carboxylic acids is 2. The first-order valence-electron chi connectivity index (χ1n) is 10.0. The number of carbonyl (C=O) groups is 2.